The van der Waals surface area contributed by atoms with Crippen molar-refractivity contribution < 1.29 is 56.1 Å². The normalized spacial score (nSPS) is 8.79. The zero-order chi connectivity index (χ0) is 16.4. The largest absolute Gasteiger partial charge is 1.00 e. The monoisotopic (exact) mass is 350 g/mol. The molecular formula is C21H29KNO-. The van der Waals surface area contributed by atoms with Gasteiger partial charge in [-0.15, -0.1) is 0 Å². The first kappa shape index (κ1) is 25.7. The van der Waals surface area contributed by atoms with Crippen molar-refractivity contribution in [3.8, 4) is 5.75 Å². The van der Waals surface area contributed by atoms with Crippen molar-refractivity contribution in [3.05, 3.63) is 80.6 Å². The topological polar surface area (TPSA) is 35.2 Å². The quantitative estimate of drug-likeness (QED) is 0.511. The Labute approximate surface area is 190 Å². The fraction of sp³-hybridized carbons (Fsp3) is 0.238. The van der Waals surface area contributed by atoms with Gasteiger partial charge < -0.3 is 24.8 Å². The molecule has 24 heavy (non-hydrogen) atoms. The average Bonchev–Trinajstić information content (AvgIpc) is 2.57. The number of aryl methyl sites for hydroxylation is 1. The molecule has 0 radical (unpaired) electrons. The second-order valence-corrected chi connectivity index (χ2v) is 4.99. The Morgan fingerprint density at radius 3 is 2.29 bits per heavy atom. The molecule has 0 spiro atoms. The van der Waals surface area contributed by atoms with Gasteiger partial charge in [-0.1, -0.05) is 50.3 Å². The smallest absolute Gasteiger partial charge is 0.497 e. The summed E-state index contributed by atoms with van der Waals surface area (Å²) in [5, 5.41) is 0. The zero-order valence-electron chi connectivity index (χ0n) is 15.6. The molecule has 2 aromatic rings. The van der Waals surface area contributed by atoms with E-state index in [1.165, 1.54) is 11.1 Å². The second-order valence-electron chi connectivity index (χ2n) is 4.99. The molecule has 2 aromatic carbocycles. The van der Waals surface area contributed by atoms with Crippen LogP contribution in [0.3, 0.4) is 0 Å². The van der Waals surface area contributed by atoms with Gasteiger partial charge >= 0.3 is 51.4 Å². The molecule has 0 bridgehead atoms. The fourth-order valence-corrected chi connectivity index (χ4v) is 1.99. The van der Waals surface area contributed by atoms with E-state index in [1.807, 2.05) is 36.4 Å². The third-order valence-corrected chi connectivity index (χ3v) is 3.41. The van der Waals surface area contributed by atoms with E-state index in [0.717, 1.165) is 36.3 Å². The summed E-state index contributed by atoms with van der Waals surface area (Å²) in [6, 6.07) is 16.0. The molecule has 2 N–H and O–H groups in total. The van der Waals surface area contributed by atoms with E-state index < -0.39 is 0 Å². The number of methoxy groups -OCH3 is 1. The number of anilines is 1. The minimum atomic E-state index is 0. The van der Waals surface area contributed by atoms with Gasteiger partial charge in [0.2, 0.25) is 0 Å². The van der Waals surface area contributed by atoms with Gasteiger partial charge in [0, 0.05) is 5.69 Å². The van der Waals surface area contributed by atoms with Gasteiger partial charge in [-0.2, -0.15) is 6.42 Å². The first-order valence-electron chi connectivity index (χ1n) is 7.57. The van der Waals surface area contributed by atoms with E-state index in [2.05, 4.69) is 32.6 Å². The molecule has 0 aliphatic carbocycles. The Balaban J connectivity index is 0. The van der Waals surface area contributed by atoms with Gasteiger partial charge in [0.15, 0.2) is 0 Å². The molecule has 0 aliphatic heterocycles. The fourth-order valence-electron chi connectivity index (χ4n) is 1.99. The van der Waals surface area contributed by atoms with Crippen LogP contribution in [-0.4, -0.2) is 7.11 Å². The number of nitrogen functional groups attached to an aromatic ring is 1. The van der Waals surface area contributed by atoms with E-state index in [9.17, 15) is 0 Å². The summed E-state index contributed by atoms with van der Waals surface area (Å²) in [6.07, 6.45) is 2.80. The van der Waals surface area contributed by atoms with Gasteiger partial charge in [-0.25, -0.2) is 0 Å². The number of nitrogens with two attached hydrogens (primary N) is 1. The van der Waals surface area contributed by atoms with E-state index in [4.69, 9.17) is 10.5 Å². The van der Waals surface area contributed by atoms with Crippen LogP contribution >= 0.6 is 0 Å². The van der Waals surface area contributed by atoms with E-state index in [0.29, 0.717) is 0 Å². The summed E-state index contributed by atoms with van der Waals surface area (Å²) < 4.78 is 5.08. The molecular weight excluding hydrogens is 321 g/mol. The van der Waals surface area contributed by atoms with Gasteiger partial charge in [0.25, 0.3) is 0 Å². The molecule has 0 aromatic heterocycles. The van der Waals surface area contributed by atoms with E-state index >= 15 is 0 Å². The third-order valence-electron chi connectivity index (χ3n) is 3.41. The maximum absolute atomic E-state index is 5.75. The molecule has 0 atom stereocenters. The van der Waals surface area contributed by atoms with Gasteiger partial charge in [-0.05, 0) is 41.3 Å². The molecule has 0 saturated heterocycles. The summed E-state index contributed by atoms with van der Waals surface area (Å²) in [6.45, 7) is 9.84. The molecule has 126 valence electrons. The standard InChI is InChI=1S/C10H14NO.C10H12.CH3.K/c1-3-4-8-7-9(12-2)5-6-10(8)11;1-3-9(2)10-7-5-4-6-8-10;;/h5-7H,1,3-4,11H2,2H3;4-8H,2-3H2,1H3;1H3;/q-1;;-1;+1. The van der Waals surface area contributed by atoms with Crippen LogP contribution in [0.5, 0.6) is 5.75 Å². The van der Waals surface area contributed by atoms with Crippen molar-refractivity contribution in [2.45, 2.75) is 26.2 Å². The van der Waals surface area contributed by atoms with Crippen LogP contribution in [0.4, 0.5) is 5.69 Å². The average molecular weight is 351 g/mol. The van der Waals surface area contributed by atoms with Crippen molar-refractivity contribution in [1.29, 1.82) is 0 Å². The van der Waals surface area contributed by atoms with E-state index in [-0.39, 0.29) is 58.8 Å². The van der Waals surface area contributed by atoms with Crippen LogP contribution in [0.1, 0.15) is 30.9 Å². The molecule has 0 aliphatic rings. The van der Waals surface area contributed by atoms with Crippen molar-refractivity contribution in [2.24, 2.45) is 0 Å². The molecule has 0 saturated carbocycles. The van der Waals surface area contributed by atoms with Crippen molar-refractivity contribution in [2.75, 3.05) is 12.8 Å². The maximum Gasteiger partial charge on any atom is 1.00 e. The zero-order valence-corrected chi connectivity index (χ0v) is 18.8. The summed E-state index contributed by atoms with van der Waals surface area (Å²) in [4.78, 5) is 0. The second kappa shape index (κ2) is 14.7. The first-order chi connectivity index (χ1) is 10.6. The minimum absolute atomic E-state index is 0. The predicted molar refractivity (Wildman–Crippen MR) is 103 cm³/mol. The number of ether oxygens (including phenoxy) is 1. The molecule has 0 unspecified atom stereocenters. The predicted octanol–water partition coefficient (Wildman–Crippen LogP) is 2.61. The Morgan fingerprint density at radius 1 is 1.17 bits per heavy atom. The first-order valence-corrected chi connectivity index (χ1v) is 7.57. The number of hydrogen-bond donors (Lipinski definition) is 1. The molecule has 0 heterocycles. The Morgan fingerprint density at radius 2 is 1.79 bits per heavy atom. The van der Waals surface area contributed by atoms with Crippen LogP contribution in [-0.2, 0) is 6.42 Å². The third kappa shape index (κ3) is 9.04. The van der Waals surface area contributed by atoms with Crippen molar-refractivity contribution >= 4 is 11.3 Å². The van der Waals surface area contributed by atoms with Crippen molar-refractivity contribution in [3.63, 3.8) is 0 Å². The summed E-state index contributed by atoms with van der Waals surface area (Å²) >= 11 is 0. The molecule has 0 amide bonds. The Hall–Kier alpha value is -0.584. The van der Waals surface area contributed by atoms with Crippen LogP contribution in [0.2, 0.25) is 0 Å². The SMILES string of the molecule is C=C(CC)c1ccccc1.[CH2-]CCc1cc(OC)ccc1N.[CH3-].[K+]. The Kier molecular flexibility index (Phi) is 15.7. The number of hydrogen-bond acceptors (Lipinski definition) is 2. The molecule has 2 rings (SSSR count). The number of rotatable bonds is 5. The van der Waals surface area contributed by atoms with E-state index in [1.54, 1.807) is 7.11 Å². The van der Waals surface area contributed by atoms with Gasteiger partial charge in [0.05, 0.1) is 7.11 Å². The van der Waals surface area contributed by atoms with Crippen LogP contribution < -0.4 is 61.9 Å². The summed E-state index contributed by atoms with van der Waals surface area (Å²) in [5.41, 5.74) is 10.1. The van der Waals surface area contributed by atoms with Crippen LogP contribution in [0, 0.1) is 14.4 Å². The molecule has 3 heteroatoms. The summed E-state index contributed by atoms with van der Waals surface area (Å²) in [7, 11) is 1.65. The molecule has 0 fully saturated rings. The summed E-state index contributed by atoms with van der Waals surface area (Å²) in [5.74, 6) is 0.854. The van der Waals surface area contributed by atoms with Gasteiger partial charge in [-0.3, -0.25) is 0 Å². The van der Waals surface area contributed by atoms with Crippen LogP contribution in [0.15, 0.2) is 55.1 Å². The van der Waals surface area contributed by atoms with Crippen LogP contribution in [0.25, 0.3) is 5.57 Å². The number of allylic oxidation sites excluding steroid dienone is 1. The Bertz CT molecular complexity index is 582. The minimum Gasteiger partial charge on any atom is -0.497 e. The van der Waals surface area contributed by atoms with Crippen molar-refractivity contribution in [1.82, 2.24) is 0 Å². The van der Waals surface area contributed by atoms with Gasteiger partial charge in [0.1, 0.15) is 5.75 Å². The number of benzene rings is 2. The maximum atomic E-state index is 5.75. The molecule has 2 nitrogen and oxygen atoms in total.